The number of aromatic nitrogens is 2. The first-order chi connectivity index (χ1) is 5.15. The van der Waals surface area contributed by atoms with Crippen LogP contribution in [0.4, 0.5) is 5.82 Å². The molecule has 0 fully saturated rings. The molecular weight excluding hydrogens is 142 g/mol. The maximum Gasteiger partial charge on any atom is 0.172 e. The number of aryl methyl sites for hydroxylation is 2. The van der Waals surface area contributed by atoms with E-state index in [0.29, 0.717) is 6.29 Å². The second-order valence-electron chi connectivity index (χ2n) is 2.28. The van der Waals surface area contributed by atoms with Gasteiger partial charge in [0.15, 0.2) is 12.1 Å². The van der Waals surface area contributed by atoms with Gasteiger partial charge in [-0.2, -0.15) is 0 Å². The van der Waals surface area contributed by atoms with Gasteiger partial charge in [-0.15, -0.1) is 0 Å². The van der Waals surface area contributed by atoms with Crippen LogP contribution in [0, 0.1) is 13.8 Å². The molecule has 1 aromatic rings. The molecule has 0 saturated heterocycles. The van der Waals surface area contributed by atoms with Crippen LogP contribution in [0.25, 0.3) is 0 Å². The Morgan fingerprint density at radius 3 is 2.36 bits per heavy atom. The van der Waals surface area contributed by atoms with Crippen molar-refractivity contribution in [3.8, 4) is 0 Å². The lowest BCUT2D eigenvalue weighted by Crippen LogP contribution is -2.04. The summed E-state index contributed by atoms with van der Waals surface area (Å²) in [6.45, 7) is 3.59. The van der Waals surface area contributed by atoms with Crippen LogP contribution in [0.2, 0.25) is 0 Å². The zero-order valence-electron chi connectivity index (χ0n) is 6.46. The predicted octanol–water partition coefficient (Wildman–Crippen LogP) is 0.488. The highest BCUT2D eigenvalue weighted by Gasteiger charge is 2.03. The first-order valence-corrected chi connectivity index (χ1v) is 3.21. The van der Waals surface area contributed by atoms with E-state index < -0.39 is 0 Å². The summed E-state index contributed by atoms with van der Waals surface area (Å²) in [6.07, 6.45) is 0.606. The van der Waals surface area contributed by atoms with Gasteiger partial charge in [0.1, 0.15) is 5.69 Å². The monoisotopic (exact) mass is 151 g/mol. The Balaban J connectivity index is 3.31. The first kappa shape index (κ1) is 7.65. The van der Waals surface area contributed by atoms with Gasteiger partial charge in [0.05, 0.1) is 11.4 Å². The van der Waals surface area contributed by atoms with Gasteiger partial charge in [-0.25, -0.2) is 9.97 Å². The minimum atomic E-state index is 0.197. The van der Waals surface area contributed by atoms with E-state index in [1.54, 1.807) is 13.8 Å². The van der Waals surface area contributed by atoms with Crippen molar-refractivity contribution < 1.29 is 4.79 Å². The zero-order valence-corrected chi connectivity index (χ0v) is 6.46. The number of nitrogen functional groups attached to an aromatic ring is 1. The number of carbonyl (C=O) groups excluding carboxylic acids is 1. The molecule has 0 spiro atoms. The molecule has 58 valence electrons. The van der Waals surface area contributed by atoms with Gasteiger partial charge in [0.2, 0.25) is 0 Å². The Bertz CT molecular complexity index is 296. The highest BCUT2D eigenvalue weighted by atomic mass is 16.1. The van der Waals surface area contributed by atoms with E-state index in [2.05, 4.69) is 9.97 Å². The third-order valence-electron chi connectivity index (χ3n) is 1.47. The van der Waals surface area contributed by atoms with Crippen LogP contribution in [0.5, 0.6) is 0 Å². The number of nitrogens with zero attached hydrogens (tertiary/aromatic N) is 2. The molecule has 0 aromatic carbocycles. The van der Waals surface area contributed by atoms with Crippen LogP contribution in [0.3, 0.4) is 0 Å². The van der Waals surface area contributed by atoms with Gasteiger partial charge in [0.25, 0.3) is 0 Å². The highest BCUT2D eigenvalue weighted by molar-refractivity contribution is 5.78. The normalized spacial score (nSPS) is 9.64. The van der Waals surface area contributed by atoms with Crippen molar-refractivity contribution >= 4 is 12.1 Å². The lowest BCUT2D eigenvalue weighted by Gasteiger charge is -2.00. The molecule has 0 unspecified atom stereocenters. The number of hydrogen-bond acceptors (Lipinski definition) is 4. The zero-order chi connectivity index (χ0) is 8.43. The molecule has 0 atom stereocenters. The molecule has 1 aromatic heterocycles. The molecule has 0 aliphatic rings. The topological polar surface area (TPSA) is 68.9 Å². The molecule has 0 radical (unpaired) electrons. The molecule has 4 nitrogen and oxygen atoms in total. The van der Waals surface area contributed by atoms with Crippen LogP contribution in [-0.4, -0.2) is 16.3 Å². The summed E-state index contributed by atoms with van der Waals surface area (Å²) >= 11 is 0. The van der Waals surface area contributed by atoms with E-state index in [1.165, 1.54) is 0 Å². The standard InChI is InChI=1S/C7H9N3O/c1-4-5(2)10-7(8)6(3-11)9-4/h3H,1-2H3,(H2,8,10). The minimum Gasteiger partial charge on any atom is -0.382 e. The Kier molecular flexibility index (Phi) is 1.85. The fourth-order valence-electron chi connectivity index (χ4n) is 0.724. The molecule has 0 aliphatic carbocycles. The van der Waals surface area contributed by atoms with Gasteiger partial charge < -0.3 is 5.73 Å². The third kappa shape index (κ3) is 1.34. The highest BCUT2D eigenvalue weighted by Crippen LogP contribution is 2.06. The Hall–Kier alpha value is -1.45. The van der Waals surface area contributed by atoms with E-state index in [1.807, 2.05) is 0 Å². The van der Waals surface area contributed by atoms with E-state index in [4.69, 9.17) is 5.73 Å². The number of aldehydes is 1. The number of anilines is 1. The lowest BCUT2D eigenvalue weighted by molar-refractivity contribution is 0.111. The average molecular weight is 151 g/mol. The van der Waals surface area contributed by atoms with Crippen molar-refractivity contribution in [2.45, 2.75) is 13.8 Å². The van der Waals surface area contributed by atoms with Gasteiger partial charge >= 0.3 is 0 Å². The fraction of sp³-hybridized carbons (Fsp3) is 0.286. The summed E-state index contributed by atoms with van der Waals surface area (Å²) in [7, 11) is 0. The van der Waals surface area contributed by atoms with Crippen molar-refractivity contribution in [2.24, 2.45) is 0 Å². The third-order valence-corrected chi connectivity index (χ3v) is 1.47. The smallest absolute Gasteiger partial charge is 0.172 e. The largest absolute Gasteiger partial charge is 0.382 e. The molecule has 0 bridgehead atoms. The SMILES string of the molecule is Cc1nc(N)c(C=O)nc1C. The van der Waals surface area contributed by atoms with Gasteiger partial charge in [0, 0.05) is 0 Å². The summed E-state index contributed by atoms with van der Waals surface area (Å²) in [5, 5.41) is 0. The molecule has 2 N–H and O–H groups in total. The second kappa shape index (κ2) is 2.65. The Morgan fingerprint density at radius 2 is 1.82 bits per heavy atom. The summed E-state index contributed by atoms with van der Waals surface area (Å²) in [6, 6.07) is 0. The summed E-state index contributed by atoms with van der Waals surface area (Å²) in [5.74, 6) is 0.197. The molecule has 4 heteroatoms. The van der Waals surface area contributed by atoms with E-state index in [0.717, 1.165) is 11.4 Å². The molecule has 0 saturated carbocycles. The van der Waals surface area contributed by atoms with E-state index in [9.17, 15) is 4.79 Å². The minimum absolute atomic E-state index is 0.197. The molecule has 0 amide bonds. The molecule has 1 rings (SSSR count). The Morgan fingerprint density at radius 1 is 1.27 bits per heavy atom. The van der Waals surface area contributed by atoms with E-state index in [-0.39, 0.29) is 11.5 Å². The van der Waals surface area contributed by atoms with Crippen LogP contribution in [0.1, 0.15) is 21.9 Å². The van der Waals surface area contributed by atoms with Gasteiger partial charge in [-0.05, 0) is 13.8 Å². The summed E-state index contributed by atoms with van der Waals surface area (Å²) in [5.41, 5.74) is 7.11. The van der Waals surface area contributed by atoms with Crippen molar-refractivity contribution in [1.29, 1.82) is 0 Å². The number of carbonyl (C=O) groups is 1. The van der Waals surface area contributed by atoms with Crippen LogP contribution in [-0.2, 0) is 0 Å². The van der Waals surface area contributed by atoms with Crippen molar-refractivity contribution in [2.75, 3.05) is 5.73 Å². The van der Waals surface area contributed by atoms with Crippen molar-refractivity contribution in [3.05, 3.63) is 17.1 Å². The lowest BCUT2D eigenvalue weighted by atomic mass is 10.3. The van der Waals surface area contributed by atoms with E-state index >= 15 is 0 Å². The predicted molar refractivity (Wildman–Crippen MR) is 41.3 cm³/mol. The summed E-state index contributed by atoms with van der Waals surface area (Å²) < 4.78 is 0. The molecule has 0 aliphatic heterocycles. The van der Waals surface area contributed by atoms with Crippen molar-refractivity contribution in [3.63, 3.8) is 0 Å². The number of nitrogens with two attached hydrogens (primary N) is 1. The maximum absolute atomic E-state index is 10.3. The quantitative estimate of drug-likeness (QED) is 0.593. The first-order valence-electron chi connectivity index (χ1n) is 3.21. The number of rotatable bonds is 1. The number of hydrogen-bond donors (Lipinski definition) is 1. The van der Waals surface area contributed by atoms with Crippen LogP contribution < -0.4 is 5.73 Å². The molecule has 1 heterocycles. The Labute approximate surface area is 64.5 Å². The average Bonchev–Trinajstić information content (AvgIpc) is 1.97. The summed E-state index contributed by atoms with van der Waals surface area (Å²) in [4.78, 5) is 18.2. The molecular formula is C7H9N3O. The maximum atomic E-state index is 10.3. The second-order valence-corrected chi connectivity index (χ2v) is 2.28. The van der Waals surface area contributed by atoms with Gasteiger partial charge in [-0.1, -0.05) is 0 Å². The van der Waals surface area contributed by atoms with Crippen LogP contribution >= 0.6 is 0 Å². The fourth-order valence-corrected chi connectivity index (χ4v) is 0.724. The molecule has 11 heavy (non-hydrogen) atoms. The van der Waals surface area contributed by atoms with Gasteiger partial charge in [-0.3, -0.25) is 4.79 Å². The van der Waals surface area contributed by atoms with Crippen molar-refractivity contribution in [1.82, 2.24) is 9.97 Å². The van der Waals surface area contributed by atoms with Crippen LogP contribution in [0.15, 0.2) is 0 Å².